The van der Waals surface area contributed by atoms with Crippen LogP contribution < -0.4 is 5.56 Å². The summed E-state index contributed by atoms with van der Waals surface area (Å²) < 4.78 is 51.6. The van der Waals surface area contributed by atoms with Gasteiger partial charge in [0.05, 0.1) is 16.9 Å². The summed E-state index contributed by atoms with van der Waals surface area (Å²) in [4.78, 5) is 31.9. The van der Waals surface area contributed by atoms with Gasteiger partial charge < -0.3 is 9.42 Å². The van der Waals surface area contributed by atoms with Gasteiger partial charge >= 0.3 is 0 Å². The summed E-state index contributed by atoms with van der Waals surface area (Å²) in [5.74, 6) is 0.872. The molecular weight excluding hydrogens is 599 g/mol. The highest BCUT2D eigenvalue weighted by molar-refractivity contribution is 7.85. The molecule has 1 saturated heterocycles. The topological polar surface area (TPSA) is 136 Å². The highest BCUT2D eigenvalue weighted by Crippen LogP contribution is 2.64. The van der Waals surface area contributed by atoms with E-state index in [9.17, 15) is 22.4 Å². The van der Waals surface area contributed by atoms with Crippen molar-refractivity contribution in [3.63, 3.8) is 0 Å². The number of hydrogen-bond acceptors (Lipinski definition) is 8. The van der Waals surface area contributed by atoms with Crippen molar-refractivity contribution in [2.75, 3.05) is 25.4 Å². The van der Waals surface area contributed by atoms with Crippen LogP contribution in [0.25, 0.3) is 11.0 Å². The van der Waals surface area contributed by atoms with E-state index in [1.807, 2.05) is 25.3 Å². The second kappa shape index (κ2) is 12.0. The van der Waals surface area contributed by atoms with Gasteiger partial charge in [-0.2, -0.15) is 8.42 Å². The Hall–Kier alpha value is -2.96. The number of carbonyl (C=O) groups is 1. The van der Waals surface area contributed by atoms with E-state index in [0.29, 0.717) is 24.3 Å². The molecule has 3 fully saturated rings. The number of rotatable bonds is 6. The molecule has 0 spiro atoms. The number of piperidine rings is 1. The summed E-state index contributed by atoms with van der Waals surface area (Å²) in [5, 5.41) is 5.15. The van der Waals surface area contributed by atoms with Crippen LogP contribution in [-0.4, -0.2) is 63.7 Å². The van der Waals surface area contributed by atoms with Gasteiger partial charge in [0.1, 0.15) is 17.4 Å². The molecule has 2 aliphatic heterocycles. The van der Waals surface area contributed by atoms with Crippen LogP contribution in [-0.2, 0) is 34.3 Å². The number of Topliss-reactive ketones (excluding diaryl/α,β-unsaturated/α-hetero) is 1. The van der Waals surface area contributed by atoms with Crippen molar-refractivity contribution < 1.29 is 26.7 Å². The Kier molecular flexibility index (Phi) is 8.53. The van der Waals surface area contributed by atoms with Crippen LogP contribution in [0.3, 0.4) is 0 Å². The molecule has 244 valence electrons. The number of halogens is 1. The Balaban J connectivity index is 0.000000200. The van der Waals surface area contributed by atoms with Crippen LogP contribution in [0.15, 0.2) is 27.5 Å². The zero-order chi connectivity index (χ0) is 32.1. The highest BCUT2D eigenvalue weighted by Gasteiger charge is 2.65. The molecule has 1 N–H and O–H groups in total. The molecule has 2 aromatic heterocycles. The van der Waals surface area contributed by atoms with Crippen LogP contribution in [0.1, 0.15) is 87.5 Å². The number of carbonyl (C=O) groups excluding carboxylic acids is 1. The first-order valence-corrected chi connectivity index (χ1v) is 17.7. The molecule has 45 heavy (non-hydrogen) atoms. The number of ketones is 1. The van der Waals surface area contributed by atoms with Gasteiger partial charge in [-0.05, 0) is 88.4 Å². The Morgan fingerprint density at radius 3 is 2.53 bits per heavy atom. The third-order valence-corrected chi connectivity index (χ3v) is 12.1. The molecule has 3 aromatic rings. The van der Waals surface area contributed by atoms with E-state index in [4.69, 9.17) is 14.1 Å². The molecule has 2 bridgehead atoms. The van der Waals surface area contributed by atoms with E-state index in [1.165, 1.54) is 12.1 Å². The van der Waals surface area contributed by atoms with E-state index in [2.05, 4.69) is 10.1 Å². The lowest BCUT2D eigenvalue weighted by atomic mass is 9.70. The van der Waals surface area contributed by atoms with E-state index in [0.717, 1.165) is 99.3 Å². The van der Waals surface area contributed by atoms with Crippen molar-refractivity contribution in [2.24, 2.45) is 16.7 Å². The Labute approximate surface area is 263 Å². The number of aryl methyl sites for hydroxylation is 2. The second-order valence-corrected chi connectivity index (χ2v) is 15.4. The van der Waals surface area contributed by atoms with E-state index < -0.39 is 21.3 Å². The number of likely N-dealkylation sites (tertiary alicyclic amines) is 1. The molecule has 0 radical (unpaired) electrons. The number of aromatic nitrogens is 3. The average molecular weight is 643 g/mol. The first kappa shape index (κ1) is 32.0. The fourth-order valence-electron chi connectivity index (χ4n) is 8.36. The van der Waals surface area contributed by atoms with Crippen LogP contribution in [0.5, 0.6) is 0 Å². The summed E-state index contributed by atoms with van der Waals surface area (Å²) in [6, 6.07) is 4.63. The first-order chi connectivity index (χ1) is 21.3. The van der Waals surface area contributed by atoms with Crippen molar-refractivity contribution in [2.45, 2.75) is 91.0 Å². The maximum atomic E-state index is 13.4. The fourth-order valence-corrected chi connectivity index (χ4v) is 9.66. The molecule has 1 aromatic carbocycles. The minimum Gasteiger partial charge on any atom is -0.356 e. The minimum absolute atomic E-state index is 0.0152. The molecule has 12 heteroatoms. The van der Waals surface area contributed by atoms with Crippen molar-refractivity contribution >= 4 is 26.9 Å². The molecule has 2 atom stereocenters. The van der Waals surface area contributed by atoms with Crippen molar-refractivity contribution in [3.05, 3.63) is 57.1 Å². The maximum absolute atomic E-state index is 13.4. The fraction of sp³-hybridized carbons (Fsp3) is 0.636. The molecule has 4 heterocycles. The van der Waals surface area contributed by atoms with Gasteiger partial charge in [-0.1, -0.05) is 19.0 Å². The Morgan fingerprint density at radius 1 is 1.11 bits per heavy atom. The molecule has 10 nitrogen and oxygen atoms in total. The molecular formula is C33H43FN4O6S. The lowest BCUT2D eigenvalue weighted by Gasteiger charge is -2.35. The zero-order valence-corrected chi connectivity index (χ0v) is 27.2. The number of nitrogens with zero attached hydrogens (tertiary/aromatic N) is 4. The average Bonchev–Trinajstić information content (AvgIpc) is 3.56. The third kappa shape index (κ3) is 6.01. The van der Waals surface area contributed by atoms with E-state index >= 15 is 0 Å². The molecule has 2 aliphatic carbocycles. The third-order valence-electron chi connectivity index (χ3n) is 11.3. The summed E-state index contributed by atoms with van der Waals surface area (Å²) in [6.45, 7) is 9.44. The Morgan fingerprint density at radius 2 is 1.87 bits per heavy atom. The molecule has 0 amide bonds. The summed E-state index contributed by atoms with van der Waals surface area (Å²) in [7, 11) is -4.08. The molecule has 4 aliphatic rings. The predicted octanol–water partition coefficient (Wildman–Crippen LogP) is 4.86. The van der Waals surface area contributed by atoms with Gasteiger partial charge in [0, 0.05) is 54.6 Å². The maximum Gasteiger partial charge on any atom is 0.265 e. The molecule has 2 saturated carbocycles. The Bertz CT molecular complexity index is 1780. The van der Waals surface area contributed by atoms with Gasteiger partial charge in [-0.15, -0.1) is 0 Å². The van der Waals surface area contributed by atoms with Crippen molar-refractivity contribution in [3.8, 4) is 0 Å². The van der Waals surface area contributed by atoms with Crippen LogP contribution in [0.4, 0.5) is 4.39 Å². The van der Waals surface area contributed by atoms with Crippen LogP contribution in [0.2, 0.25) is 0 Å². The zero-order valence-electron chi connectivity index (χ0n) is 26.3. The minimum atomic E-state index is -4.08. The largest absolute Gasteiger partial charge is 0.356 e. The van der Waals surface area contributed by atoms with Crippen LogP contribution in [0, 0.1) is 29.5 Å². The first-order valence-electron chi connectivity index (χ1n) is 16.1. The number of fused-ring (bicyclic) bond motifs is 4. The lowest BCUT2D eigenvalue weighted by molar-refractivity contribution is -0.128. The number of benzene rings is 1. The van der Waals surface area contributed by atoms with Gasteiger partial charge in [0.2, 0.25) is 0 Å². The molecule has 2 unspecified atom stereocenters. The monoisotopic (exact) mass is 642 g/mol. The van der Waals surface area contributed by atoms with Gasteiger partial charge in [0.15, 0.2) is 5.58 Å². The normalized spacial score (nSPS) is 24.9. The lowest BCUT2D eigenvalue weighted by Crippen LogP contribution is -2.42. The summed E-state index contributed by atoms with van der Waals surface area (Å²) in [6.07, 6.45) is 7.78. The van der Waals surface area contributed by atoms with Gasteiger partial charge in [-0.25, -0.2) is 9.37 Å². The van der Waals surface area contributed by atoms with Gasteiger partial charge in [-0.3, -0.25) is 18.7 Å². The molecule has 7 rings (SSSR count). The smallest absolute Gasteiger partial charge is 0.265 e. The quantitative estimate of drug-likeness (QED) is 0.374. The summed E-state index contributed by atoms with van der Waals surface area (Å²) >= 11 is 0. The standard InChI is InChI=1S/C23H27FN4O2.C10H16O4S/c1-15-18(23(29)28-10-3-2-4-21(28)25-15)9-13-27-11-7-16(8-12-27)22-19-6-5-17(24)14-20(19)30-26-22;1-9(2)7-3-4-10(9,8(11)5-7)6-15(12,13)14/h5-6,14,16H,2-4,7-13H2,1H3;7H,3-6H2,1-2H3,(H,12,13,14). The van der Waals surface area contributed by atoms with E-state index in [-0.39, 0.29) is 28.5 Å². The number of hydrogen-bond donors (Lipinski definition) is 1. The predicted molar refractivity (Wildman–Crippen MR) is 167 cm³/mol. The van der Waals surface area contributed by atoms with Crippen molar-refractivity contribution in [1.82, 2.24) is 19.6 Å². The summed E-state index contributed by atoms with van der Waals surface area (Å²) in [5.41, 5.74) is 2.26. The second-order valence-electron chi connectivity index (χ2n) is 14.0. The SMILES string of the molecule is CC1(C)C2CCC1(CS(=O)(=O)O)C(=O)C2.Cc1nc2n(c(=O)c1CCN1CCC(c3noc4cc(F)ccc34)CC1)CCCC2. The highest BCUT2D eigenvalue weighted by atomic mass is 32.2. The van der Waals surface area contributed by atoms with Gasteiger partial charge in [0.25, 0.3) is 15.7 Å². The van der Waals surface area contributed by atoms with Crippen molar-refractivity contribution in [1.29, 1.82) is 0 Å². The van der Waals surface area contributed by atoms with E-state index in [1.54, 1.807) is 6.07 Å². The van der Waals surface area contributed by atoms with Crippen LogP contribution >= 0.6 is 0 Å².